The maximum Gasteiger partial charge on any atom is 0.499 e. The van der Waals surface area contributed by atoms with Crippen molar-refractivity contribution in [3.05, 3.63) is 47.3 Å². The Hall–Kier alpha value is -1.15. The average Bonchev–Trinajstić information content (AvgIpc) is 3.05. The van der Waals surface area contributed by atoms with Crippen LogP contribution in [0, 0.1) is 6.92 Å². The highest BCUT2D eigenvalue weighted by Crippen LogP contribution is 2.17. The molecule has 1 aromatic carbocycles. The summed E-state index contributed by atoms with van der Waals surface area (Å²) in [4.78, 5) is 1.10. The summed E-state index contributed by atoms with van der Waals surface area (Å²) in [5.74, 6) is 0. The summed E-state index contributed by atoms with van der Waals surface area (Å²) in [6, 6.07) is 13.2. The fraction of sp³-hybridized carbons (Fsp3) is 0.0769. The van der Waals surface area contributed by atoms with E-state index in [-0.39, 0.29) is 0 Å². The monoisotopic (exact) mass is 320 g/mol. The molecule has 0 spiro atoms. The first-order valence-electron chi connectivity index (χ1n) is 6.24. The summed E-state index contributed by atoms with van der Waals surface area (Å²) >= 11 is 2.80. The standard InChI is InChI=1S/C8H7BO2S.C5H7BO2S/c10-9(11)8-5-6-3-1-2-4-7(6)12-8;1-4-2-3-5(9-4)6(7)8/h1-5,10-11H;2-3,7-8H,1H3. The number of rotatable bonds is 2. The molecule has 0 aliphatic rings. The predicted octanol–water partition coefficient (Wildman–Crippen LogP) is 0.317. The van der Waals surface area contributed by atoms with Crippen LogP contribution in [0.4, 0.5) is 0 Å². The molecule has 3 aromatic rings. The van der Waals surface area contributed by atoms with Gasteiger partial charge in [-0.05, 0) is 30.5 Å². The Morgan fingerprint density at radius 2 is 1.48 bits per heavy atom. The van der Waals surface area contributed by atoms with E-state index >= 15 is 0 Å². The first kappa shape index (κ1) is 16.2. The fourth-order valence-corrected chi connectivity index (χ4v) is 3.41. The van der Waals surface area contributed by atoms with Crippen LogP contribution in [0.15, 0.2) is 42.5 Å². The molecule has 0 fully saturated rings. The summed E-state index contributed by atoms with van der Waals surface area (Å²) in [6.45, 7) is 1.93. The predicted molar refractivity (Wildman–Crippen MR) is 90.5 cm³/mol. The van der Waals surface area contributed by atoms with Gasteiger partial charge in [-0.2, -0.15) is 0 Å². The van der Waals surface area contributed by atoms with Crippen molar-refractivity contribution in [1.29, 1.82) is 0 Å². The van der Waals surface area contributed by atoms with Crippen molar-refractivity contribution in [3.63, 3.8) is 0 Å². The molecule has 0 unspecified atom stereocenters. The number of fused-ring (bicyclic) bond motifs is 1. The molecule has 0 aliphatic heterocycles. The topological polar surface area (TPSA) is 80.9 Å². The Balaban J connectivity index is 0.000000161. The van der Waals surface area contributed by atoms with Crippen LogP contribution in [0.2, 0.25) is 0 Å². The largest absolute Gasteiger partial charge is 0.499 e. The van der Waals surface area contributed by atoms with Gasteiger partial charge in [0.1, 0.15) is 0 Å². The van der Waals surface area contributed by atoms with Gasteiger partial charge in [0.2, 0.25) is 0 Å². The second-order valence-corrected chi connectivity index (χ2v) is 6.82. The highest BCUT2D eigenvalue weighted by molar-refractivity contribution is 7.27. The van der Waals surface area contributed by atoms with E-state index in [1.54, 1.807) is 12.1 Å². The van der Waals surface area contributed by atoms with Crippen LogP contribution < -0.4 is 9.55 Å². The number of thiophene rings is 2. The zero-order valence-electron chi connectivity index (χ0n) is 11.3. The molecular weight excluding hydrogens is 306 g/mol. The average molecular weight is 320 g/mol. The van der Waals surface area contributed by atoms with Crippen LogP contribution in [0.3, 0.4) is 0 Å². The van der Waals surface area contributed by atoms with E-state index in [0.717, 1.165) is 15.0 Å². The molecule has 0 aliphatic carbocycles. The Labute approximate surface area is 131 Å². The van der Waals surface area contributed by atoms with E-state index in [0.29, 0.717) is 9.55 Å². The zero-order chi connectivity index (χ0) is 15.4. The zero-order valence-corrected chi connectivity index (χ0v) is 12.9. The van der Waals surface area contributed by atoms with Crippen molar-refractivity contribution in [3.8, 4) is 0 Å². The van der Waals surface area contributed by atoms with Gasteiger partial charge < -0.3 is 20.1 Å². The molecule has 0 bridgehead atoms. The first-order chi connectivity index (χ1) is 9.97. The molecule has 2 heterocycles. The minimum Gasteiger partial charge on any atom is -0.423 e. The van der Waals surface area contributed by atoms with Crippen LogP contribution in [-0.4, -0.2) is 34.3 Å². The van der Waals surface area contributed by atoms with Crippen LogP contribution in [-0.2, 0) is 0 Å². The van der Waals surface area contributed by atoms with Crippen molar-refractivity contribution < 1.29 is 20.1 Å². The fourth-order valence-electron chi connectivity index (χ4n) is 1.72. The molecule has 2 aromatic heterocycles. The van der Waals surface area contributed by atoms with E-state index in [4.69, 9.17) is 20.1 Å². The first-order valence-corrected chi connectivity index (χ1v) is 7.88. The summed E-state index contributed by atoms with van der Waals surface area (Å²) in [5.41, 5.74) is 0. The third-order valence-corrected chi connectivity index (χ3v) is 4.91. The van der Waals surface area contributed by atoms with Gasteiger partial charge >= 0.3 is 14.2 Å². The summed E-state index contributed by atoms with van der Waals surface area (Å²) in [6.07, 6.45) is 0. The summed E-state index contributed by atoms with van der Waals surface area (Å²) in [7, 11) is -2.65. The van der Waals surface area contributed by atoms with Gasteiger partial charge in [0, 0.05) is 19.1 Å². The van der Waals surface area contributed by atoms with E-state index in [2.05, 4.69) is 0 Å². The van der Waals surface area contributed by atoms with Crippen molar-refractivity contribution in [2.24, 2.45) is 0 Å². The van der Waals surface area contributed by atoms with Gasteiger partial charge in [0.15, 0.2) is 0 Å². The Kier molecular flexibility index (Phi) is 5.57. The number of aryl methyl sites for hydroxylation is 1. The van der Waals surface area contributed by atoms with Gasteiger partial charge in [-0.1, -0.05) is 24.3 Å². The SMILES string of the molecule is Cc1ccc(B(O)O)s1.OB(O)c1cc2ccccc2s1. The molecule has 0 amide bonds. The van der Waals surface area contributed by atoms with Crippen molar-refractivity contribution in [2.45, 2.75) is 6.92 Å². The minimum atomic E-state index is -1.35. The van der Waals surface area contributed by atoms with E-state index in [1.807, 2.05) is 37.3 Å². The summed E-state index contributed by atoms with van der Waals surface area (Å²) in [5, 5.41) is 36.0. The van der Waals surface area contributed by atoms with Crippen LogP contribution in [0.25, 0.3) is 10.1 Å². The molecule has 0 saturated heterocycles. The Morgan fingerprint density at radius 3 is 1.95 bits per heavy atom. The third kappa shape index (κ3) is 4.41. The van der Waals surface area contributed by atoms with E-state index in [9.17, 15) is 0 Å². The lowest BCUT2D eigenvalue weighted by atomic mass is 9.89. The van der Waals surface area contributed by atoms with Crippen molar-refractivity contribution in [1.82, 2.24) is 0 Å². The molecule has 21 heavy (non-hydrogen) atoms. The highest BCUT2D eigenvalue weighted by Gasteiger charge is 2.13. The Bertz CT molecular complexity index is 676. The second-order valence-electron chi connectivity index (χ2n) is 4.38. The van der Waals surface area contributed by atoms with E-state index in [1.165, 1.54) is 22.7 Å². The summed E-state index contributed by atoms with van der Waals surface area (Å²) < 4.78 is 2.28. The molecule has 0 radical (unpaired) electrons. The lowest BCUT2D eigenvalue weighted by Gasteiger charge is -1.88. The molecule has 3 rings (SSSR count). The van der Waals surface area contributed by atoms with Crippen LogP contribution >= 0.6 is 22.7 Å². The van der Waals surface area contributed by atoms with Crippen LogP contribution in [0.5, 0.6) is 0 Å². The minimum absolute atomic E-state index is 0.594. The van der Waals surface area contributed by atoms with Crippen molar-refractivity contribution >= 4 is 56.5 Å². The molecule has 4 nitrogen and oxygen atoms in total. The second kappa shape index (κ2) is 7.22. The van der Waals surface area contributed by atoms with Gasteiger partial charge in [0.05, 0.1) is 0 Å². The third-order valence-electron chi connectivity index (χ3n) is 2.71. The number of hydrogen-bond acceptors (Lipinski definition) is 6. The normalized spacial score (nSPS) is 10.1. The van der Waals surface area contributed by atoms with Gasteiger partial charge in [0.25, 0.3) is 0 Å². The number of hydrogen-bond donors (Lipinski definition) is 4. The Morgan fingerprint density at radius 1 is 0.810 bits per heavy atom. The quantitative estimate of drug-likeness (QED) is 0.513. The van der Waals surface area contributed by atoms with Gasteiger partial charge in [-0.15, -0.1) is 22.7 Å². The van der Waals surface area contributed by atoms with Crippen LogP contribution in [0.1, 0.15) is 4.88 Å². The maximum absolute atomic E-state index is 8.89. The lowest BCUT2D eigenvalue weighted by Crippen LogP contribution is -2.26. The number of benzene rings is 1. The molecule has 4 N–H and O–H groups in total. The van der Waals surface area contributed by atoms with Gasteiger partial charge in [-0.3, -0.25) is 0 Å². The highest BCUT2D eigenvalue weighted by atomic mass is 32.1. The maximum atomic E-state index is 8.89. The lowest BCUT2D eigenvalue weighted by molar-refractivity contribution is 0.425. The molecular formula is C13H14B2O4S2. The molecule has 8 heteroatoms. The molecule has 0 atom stereocenters. The smallest absolute Gasteiger partial charge is 0.423 e. The molecule has 0 saturated carbocycles. The van der Waals surface area contributed by atoms with Gasteiger partial charge in [-0.25, -0.2) is 0 Å². The van der Waals surface area contributed by atoms with E-state index < -0.39 is 14.2 Å². The molecule has 108 valence electrons. The van der Waals surface area contributed by atoms with Crippen molar-refractivity contribution in [2.75, 3.05) is 0 Å².